The lowest BCUT2D eigenvalue weighted by molar-refractivity contribution is -0.138. The maximum atomic E-state index is 13.6. The fraction of sp³-hybridized carbons (Fsp3) is 0.250. The summed E-state index contributed by atoms with van der Waals surface area (Å²) in [6.07, 6.45) is 1.09. The first-order chi connectivity index (χ1) is 13.2. The van der Waals surface area contributed by atoms with Crippen LogP contribution in [-0.2, 0) is 19.4 Å². The smallest absolute Gasteiger partial charge is 0.334 e. The van der Waals surface area contributed by atoms with Gasteiger partial charge in [-0.2, -0.15) is 0 Å². The summed E-state index contributed by atoms with van der Waals surface area (Å²) >= 11 is 5.91. The summed E-state index contributed by atoms with van der Waals surface area (Å²) in [5.74, 6) is -1.24. The predicted molar refractivity (Wildman–Crippen MR) is 105 cm³/mol. The summed E-state index contributed by atoms with van der Waals surface area (Å²) in [5.41, 5.74) is 1.51. The molecule has 2 rings (SSSR count). The Morgan fingerprint density at radius 1 is 1.14 bits per heavy atom. The number of aliphatic hydroxyl groups is 1. The number of hydrogen-bond donors (Lipinski definition) is 1. The Kier molecular flexibility index (Phi) is 7.35. The number of rotatable bonds is 7. The number of ether oxygens (including phenoxy) is 1. The fourth-order valence-electron chi connectivity index (χ4n) is 2.69. The molecule has 150 valence electrons. The first kappa shape index (κ1) is 22.1. The van der Waals surface area contributed by atoms with Crippen molar-refractivity contribution < 1.29 is 27.4 Å². The van der Waals surface area contributed by atoms with Crippen LogP contribution in [0.1, 0.15) is 24.5 Å². The van der Waals surface area contributed by atoms with Crippen molar-refractivity contribution in [2.45, 2.75) is 18.2 Å². The van der Waals surface area contributed by atoms with Gasteiger partial charge in [-0.15, -0.1) is 0 Å². The van der Waals surface area contributed by atoms with Gasteiger partial charge in [0.1, 0.15) is 5.82 Å². The summed E-state index contributed by atoms with van der Waals surface area (Å²) in [4.78, 5) is 12.6. The third-order valence-electron chi connectivity index (χ3n) is 3.96. The standard InChI is InChI=1S/C20H20ClFO5S/c1-3-27-20(24)16(10-11-23)19(14-6-9-18(22)17(21)12-14)13-4-7-15(8-5-13)28(2,25)26/h4-9,12,23H,3,10-11H2,1-2H3. The van der Waals surface area contributed by atoms with Crippen LogP contribution in [-0.4, -0.2) is 39.0 Å². The molecule has 0 aliphatic heterocycles. The molecule has 0 radical (unpaired) electrons. The molecule has 0 aliphatic carbocycles. The molecule has 0 amide bonds. The van der Waals surface area contributed by atoms with Crippen molar-refractivity contribution in [3.63, 3.8) is 0 Å². The second-order valence-corrected chi connectivity index (χ2v) is 8.40. The normalized spacial score (nSPS) is 12.5. The lowest BCUT2D eigenvalue weighted by atomic mass is 9.91. The Morgan fingerprint density at radius 3 is 2.25 bits per heavy atom. The topological polar surface area (TPSA) is 80.7 Å². The number of benzene rings is 2. The van der Waals surface area contributed by atoms with Crippen LogP contribution in [0.2, 0.25) is 5.02 Å². The third-order valence-corrected chi connectivity index (χ3v) is 5.38. The van der Waals surface area contributed by atoms with Crippen molar-refractivity contribution >= 4 is 33.0 Å². The van der Waals surface area contributed by atoms with Crippen molar-refractivity contribution in [2.24, 2.45) is 0 Å². The molecule has 0 spiro atoms. The van der Waals surface area contributed by atoms with Gasteiger partial charge in [0, 0.05) is 24.9 Å². The van der Waals surface area contributed by atoms with Crippen molar-refractivity contribution in [1.82, 2.24) is 0 Å². The van der Waals surface area contributed by atoms with Gasteiger partial charge in [-0.3, -0.25) is 0 Å². The van der Waals surface area contributed by atoms with Gasteiger partial charge in [0.15, 0.2) is 9.84 Å². The van der Waals surface area contributed by atoms with E-state index in [4.69, 9.17) is 16.3 Å². The van der Waals surface area contributed by atoms with Gasteiger partial charge in [0.05, 0.1) is 16.5 Å². The number of esters is 1. The largest absolute Gasteiger partial charge is 0.463 e. The Labute approximate surface area is 168 Å². The average molecular weight is 427 g/mol. The molecule has 2 aromatic rings. The van der Waals surface area contributed by atoms with E-state index in [1.54, 1.807) is 19.1 Å². The van der Waals surface area contributed by atoms with E-state index in [2.05, 4.69) is 0 Å². The van der Waals surface area contributed by atoms with E-state index in [1.807, 2.05) is 0 Å². The highest BCUT2D eigenvalue weighted by Gasteiger charge is 2.21. The first-order valence-corrected chi connectivity index (χ1v) is 10.7. The van der Waals surface area contributed by atoms with Crippen molar-refractivity contribution in [2.75, 3.05) is 19.5 Å². The van der Waals surface area contributed by atoms with Crippen LogP contribution < -0.4 is 0 Å². The van der Waals surface area contributed by atoms with Gasteiger partial charge in [0.2, 0.25) is 0 Å². The molecule has 0 aliphatic rings. The van der Waals surface area contributed by atoms with Crippen LogP contribution in [0.4, 0.5) is 4.39 Å². The quantitative estimate of drug-likeness (QED) is 0.540. The molecule has 0 unspecified atom stereocenters. The molecule has 0 fully saturated rings. The minimum absolute atomic E-state index is 0.00299. The van der Waals surface area contributed by atoms with E-state index in [1.165, 1.54) is 30.3 Å². The Hall–Kier alpha value is -2.22. The summed E-state index contributed by atoms with van der Waals surface area (Å²) in [6.45, 7) is 1.48. The Balaban J connectivity index is 2.75. The van der Waals surface area contributed by atoms with Gasteiger partial charge in [-0.05, 0) is 47.9 Å². The van der Waals surface area contributed by atoms with Crippen molar-refractivity contribution in [3.8, 4) is 0 Å². The highest BCUT2D eigenvalue weighted by atomic mass is 35.5. The maximum Gasteiger partial charge on any atom is 0.334 e. The second-order valence-electron chi connectivity index (χ2n) is 5.97. The van der Waals surface area contributed by atoms with Crippen molar-refractivity contribution in [3.05, 3.63) is 70.0 Å². The molecule has 0 bridgehead atoms. The van der Waals surface area contributed by atoms with Gasteiger partial charge in [-0.1, -0.05) is 29.8 Å². The number of halogens is 2. The van der Waals surface area contributed by atoms with E-state index in [-0.39, 0.29) is 35.1 Å². The lowest BCUT2D eigenvalue weighted by Gasteiger charge is -2.16. The first-order valence-electron chi connectivity index (χ1n) is 8.46. The SMILES string of the molecule is CCOC(=O)C(CCO)=C(c1ccc(S(C)(=O)=O)cc1)c1ccc(F)c(Cl)c1. The number of carbonyl (C=O) groups excluding carboxylic acids is 1. The van der Waals surface area contributed by atoms with Crippen LogP contribution >= 0.6 is 11.6 Å². The van der Waals surface area contributed by atoms with E-state index in [0.29, 0.717) is 16.7 Å². The zero-order chi connectivity index (χ0) is 20.9. The van der Waals surface area contributed by atoms with E-state index in [9.17, 15) is 22.7 Å². The number of aliphatic hydroxyl groups excluding tert-OH is 1. The molecular weight excluding hydrogens is 407 g/mol. The molecule has 8 heteroatoms. The number of carbonyl (C=O) groups is 1. The summed E-state index contributed by atoms with van der Waals surface area (Å²) < 4.78 is 42.2. The average Bonchev–Trinajstić information content (AvgIpc) is 2.64. The summed E-state index contributed by atoms with van der Waals surface area (Å²) in [7, 11) is -3.40. The van der Waals surface area contributed by atoms with Gasteiger partial charge in [-0.25, -0.2) is 17.6 Å². The van der Waals surface area contributed by atoms with Crippen LogP contribution in [0, 0.1) is 5.82 Å². The van der Waals surface area contributed by atoms with Gasteiger partial charge < -0.3 is 9.84 Å². The van der Waals surface area contributed by atoms with Crippen LogP contribution in [0.25, 0.3) is 5.57 Å². The van der Waals surface area contributed by atoms with E-state index >= 15 is 0 Å². The van der Waals surface area contributed by atoms with E-state index < -0.39 is 21.6 Å². The lowest BCUT2D eigenvalue weighted by Crippen LogP contribution is -2.12. The number of hydrogen-bond acceptors (Lipinski definition) is 5. The molecule has 0 saturated carbocycles. The Morgan fingerprint density at radius 2 is 1.75 bits per heavy atom. The number of sulfone groups is 1. The Bertz CT molecular complexity index is 998. The minimum atomic E-state index is -3.40. The zero-order valence-electron chi connectivity index (χ0n) is 15.4. The van der Waals surface area contributed by atoms with Crippen molar-refractivity contribution in [1.29, 1.82) is 0 Å². The summed E-state index contributed by atoms with van der Waals surface area (Å²) in [6, 6.07) is 9.91. The van der Waals surface area contributed by atoms with Crippen LogP contribution in [0.3, 0.4) is 0 Å². The molecule has 5 nitrogen and oxygen atoms in total. The van der Waals surface area contributed by atoms with Gasteiger partial charge >= 0.3 is 5.97 Å². The predicted octanol–water partition coefficient (Wildman–Crippen LogP) is 3.63. The molecule has 2 aromatic carbocycles. The third kappa shape index (κ3) is 5.19. The molecule has 28 heavy (non-hydrogen) atoms. The van der Waals surface area contributed by atoms with Gasteiger partial charge in [0.25, 0.3) is 0 Å². The molecular formula is C20H20ClFO5S. The van der Waals surface area contributed by atoms with E-state index in [0.717, 1.165) is 6.26 Å². The molecule has 0 aromatic heterocycles. The van der Waals surface area contributed by atoms with Crippen LogP contribution in [0.5, 0.6) is 0 Å². The fourth-order valence-corrected chi connectivity index (χ4v) is 3.51. The highest BCUT2D eigenvalue weighted by Crippen LogP contribution is 2.32. The summed E-state index contributed by atoms with van der Waals surface area (Å²) in [5, 5.41) is 9.31. The monoisotopic (exact) mass is 426 g/mol. The second kappa shape index (κ2) is 9.32. The molecule has 0 saturated heterocycles. The molecule has 0 heterocycles. The maximum absolute atomic E-state index is 13.6. The molecule has 1 N–H and O–H groups in total. The molecule has 0 atom stereocenters. The minimum Gasteiger partial charge on any atom is -0.463 e. The highest BCUT2D eigenvalue weighted by molar-refractivity contribution is 7.90. The zero-order valence-corrected chi connectivity index (χ0v) is 17.0. The van der Waals surface area contributed by atoms with Crippen LogP contribution in [0.15, 0.2) is 52.9 Å².